The van der Waals surface area contributed by atoms with E-state index in [1.165, 1.54) is 30.3 Å². The van der Waals surface area contributed by atoms with Crippen molar-refractivity contribution in [1.29, 1.82) is 5.26 Å². The number of anilines is 4. The summed E-state index contributed by atoms with van der Waals surface area (Å²) >= 11 is 1.09. The van der Waals surface area contributed by atoms with Gasteiger partial charge in [0.1, 0.15) is 27.2 Å². The molecular formula is C43H30N8O15S6. The first-order valence-electron chi connectivity index (χ1n) is 19.8. The molecule has 0 fully saturated rings. The van der Waals surface area contributed by atoms with Crippen LogP contribution in [0.5, 0.6) is 0 Å². The predicted octanol–water partition coefficient (Wildman–Crippen LogP) is 11.0. The minimum atomic E-state index is -5.14. The lowest BCUT2D eigenvalue weighted by molar-refractivity contribution is -0.432. The van der Waals surface area contributed by atoms with Crippen LogP contribution in [-0.4, -0.2) is 62.1 Å². The third-order valence-electron chi connectivity index (χ3n) is 10.3. The second-order valence-corrected chi connectivity index (χ2v) is 22.3. The van der Waals surface area contributed by atoms with E-state index in [0.717, 1.165) is 70.6 Å². The second-order valence-electron chi connectivity index (χ2n) is 14.9. The first-order valence-corrected chi connectivity index (χ1v) is 27.1. The van der Waals surface area contributed by atoms with Crippen molar-refractivity contribution in [2.24, 2.45) is 20.5 Å². The third kappa shape index (κ3) is 11.5. The number of rotatable bonds is 16. The molecule has 1 heterocycles. The van der Waals surface area contributed by atoms with E-state index in [-0.39, 0.29) is 71.5 Å². The molecule has 7 N–H and O–H groups in total. The van der Waals surface area contributed by atoms with Gasteiger partial charge in [-0.1, -0.05) is 52.8 Å². The summed E-state index contributed by atoms with van der Waals surface area (Å²) in [6, 6.07) is 30.3. The molecule has 0 aliphatic heterocycles. The molecule has 72 heavy (non-hydrogen) atoms. The molecule has 8 rings (SSSR count). The smallest absolute Gasteiger partial charge is 0.295 e. The Labute approximate surface area is 416 Å². The van der Waals surface area contributed by atoms with E-state index in [1.54, 1.807) is 19.1 Å². The second kappa shape index (κ2) is 20.2. The lowest BCUT2D eigenvalue weighted by Gasteiger charge is -2.17. The molecule has 0 atom stereocenters. The average molecular weight is 1090 g/mol. The highest BCUT2D eigenvalue weighted by molar-refractivity contribution is 7.94. The van der Waals surface area contributed by atoms with Crippen molar-refractivity contribution in [3.8, 4) is 17.3 Å². The minimum Gasteiger partial charge on any atom is -0.354 e. The molecule has 0 saturated carbocycles. The zero-order valence-corrected chi connectivity index (χ0v) is 40.9. The summed E-state index contributed by atoms with van der Waals surface area (Å²) in [4.78, 5) is 2.07. The molecule has 1 aromatic heterocycles. The van der Waals surface area contributed by atoms with Crippen LogP contribution in [0.25, 0.3) is 32.8 Å². The van der Waals surface area contributed by atoms with Gasteiger partial charge in [0.2, 0.25) is 5.13 Å². The van der Waals surface area contributed by atoms with Crippen LogP contribution in [0.3, 0.4) is 0 Å². The van der Waals surface area contributed by atoms with Crippen LogP contribution in [0.1, 0.15) is 11.1 Å². The van der Waals surface area contributed by atoms with Gasteiger partial charge in [0.05, 0.1) is 44.5 Å². The average Bonchev–Trinajstić information content (AvgIpc) is 3.74. The third-order valence-corrected chi connectivity index (χ3v) is 15.2. The molecule has 0 radical (unpaired) electrons. The lowest BCUT2D eigenvalue weighted by Crippen LogP contribution is -2.04. The SMILES string of the molecule is Cc1c(C#N)c(Nc2ccc(S(=O)(=O)O)cc2)cc(Nc2ccc(S(=O)(=O)O)cc2)c1N=Nc1nc(-c2ccc3ccccc3c2)c(N=Nc2cc(S(=O)(=O)O)c3cc(SOOO)cc(S(=O)(=O)O)c3c2)s1. The van der Waals surface area contributed by atoms with Crippen molar-refractivity contribution < 1.29 is 66.5 Å². The van der Waals surface area contributed by atoms with Gasteiger partial charge < -0.3 is 10.6 Å². The maximum atomic E-state index is 12.7. The van der Waals surface area contributed by atoms with Crippen LogP contribution in [0.2, 0.25) is 0 Å². The standard InChI is InChI=1S/C43H30N8O15S6/c1-23-35(22-44)36(45-27-8-12-31(13-9-27)69(53,54)55)21-37(46-28-10-14-32(15-11-28)70(56,57)58)40(23)49-51-43-47-41(26-7-6-24-4-2-3-5-25(24)16-26)42(67-43)50-48-29-17-33-34(38(18-29)71(59,60)61)19-30(68-66-65-52)20-39(33)72(62,63)64/h2-21,45-46,52H,1H3,(H,53,54,55)(H,56,57,58)(H,59,60,61)(H,62,63,64). The number of aromatic nitrogens is 1. The number of thiazole rings is 1. The van der Waals surface area contributed by atoms with E-state index < -0.39 is 65.9 Å². The fourth-order valence-corrected chi connectivity index (χ4v) is 10.7. The Morgan fingerprint density at radius 2 is 1.22 bits per heavy atom. The summed E-state index contributed by atoms with van der Waals surface area (Å²) in [5.74, 6) is 0. The number of hydrogen-bond donors (Lipinski definition) is 7. The number of hydrogen-bond acceptors (Lipinski definition) is 21. The van der Waals surface area contributed by atoms with Gasteiger partial charge in [0.15, 0.2) is 5.00 Å². The quantitative estimate of drug-likeness (QED) is 0.0155. The van der Waals surface area contributed by atoms with Crippen molar-refractivity contribution in [2.45, 2.75) is 31.4 Å². The van der Waals surface area contributed by atoms with E-state index >= 15 is 0 Å². The van der Waals surface area contributed by atoms with E-state index in [2.05, 4.69) is 46.5 Å². The van der Waals surface area contributed by atoms with Gasteiger partial charge in [0, 0.05) is 32.6 Å². The number of nitriles is 1. The molecule has 0 spiro atoms. The molecule has 23 nitrogen and oxygen atoms in total. The highest BCUT2D eigenvalue weighted by atomic mass is 32.2. The lowest BCUT2D eigenvalue weighted by atomic mass is 10.0. The van der Waals surface area contributed by atoms with Crippen molar-refractivity contribution in [3.63, 3.8) is 0 Å². The Balaban J connectivity index is 1.26. The minimum absolute atomic E-state index is 0.0421. The van der Waals surface area contributed by atoms with Gasteiger partial charge in [-0.25, -0.2) is 10.2 Å². The highest BCUT2D eigenvalue weighted by Crippen LogP contribution is 2.45. The van der Waals surface area contributed by atoms with Crippen LogP contribution >= 0.6 is 23.4 Å². The zero-order chi connectivity index (χ0) is 51.8. The molecule has 0 saturated heterocycles. The summed E-state index contributed by atoms with van der Waals surface area (Å²) in [5, 5.41) is 47.1. The molecule has 0 unspecified atom stereocenters. The fourth-order valence-electron chi connectivity index (χ4n) is 7.08. The summed E-state index contributed by atoms with van der Waals surface area (Å²) < 4.78 is 141. The maximum Gasteiger partial charge on any atom is 0.295 e. The van der Waals surface area contributed by atoms with Crippen LogP contribution in [0.15, 0.2) is 166 Å². The van der Waals surface area contributed by atoms with E-state index in [0.29, 0.717) is 16.9 Å². The molecule has 0 aliphatic rings. The highest BCUT2D eigenvalue weighted by Gasteiger charge is 2.25. The number of fused-ring (bicyclic) bond motifs is 2. The van der Waals surface area contributed by atoms with E-state index in [1.807, 2.05) is 30.3 Å². The number of benzene rings is 7. The zero-order valence-electron chi connectivity index (χ0n) is 36.0. The Morgan fingerprint density at radius 1 is 0.639 bits per heavy atom. The Morgan fingerprint density at radius 3 is 1.81 bits per heavy atom. The van der Waals surface area contributed by atoms with Crippen molar-refractivity contribution >= 4 is 130 Å². The molecule has 0 bridgehead atoms. The molecule has 0 aliphatic carbocycles. The Bertz CT molecular complexity index is 4060. The number of azo groups is 2. The van der Waals surface area contributed by atoms with E-state index in [9.17, 15) is 57.1 Å². The molecule has 368 valence electrons. The van der Waals surface area contributed by atoms with Crippen molar-refractivity contribution in [3.05, 3.63) is 132 Å². The Hall–Kier alpha value is -7.15. The first kappa shape index (κ1) is 51.2. The van der Waals surface area contributed by atoms with Gasteiger partial charge in [0.25, 0.3) is 40.5 Å². The molecule has 29 heteroatoms. The van der Waals surface area contributed by atoms with Crippen LogP contribution < -0.4 is 10.6 Å². The summed E-state index contributed by atoms with van der Waals surface area (Å²) in [7, 11) is -19.3. The van der Waals surface area contributed by atoms with Gasteiger partial charge in [-0.15, -0.1) is 24.8 Å². The van der Waals surface area contributed by atoms with Gasteiger partial charge in [-0.3, -0.25) is 18.2 Å². The summed E-state index contributed by atoms with van der Waals surface area (Å²) in [6.45, 7) is 1.56. The van der Waals surface area contributed by atoms with Crippen molar-refractivity contribution in [2.75, 3.05) is 10.6 Å². The monoisotopic (exact) mass is 1090 g/mol. The van der Waals surface area contributed by atoms with Gasteiger partial charge in [-0.2, -0.15) is 38.9 Å². The Kier molecular flexibility index (Phi) is 14.3. The first-order chi connectivity index (χ1) is 34.0. The molecule has 7 aromatic carbocycles. The van der Waals surface area contributed by atoms with Crippen LogP contribution in [-0.2, 0) is 49.8 Å². The van der Waals surface area contributed by atoms with Crippen molar-refractivity contribution in [1.82, 2.24) is 4.98 Å². The molecule has 8 aromatic rings. The van der Waals surface area contributed by atoms with Gasteiger partial charge >= 0.3 is 0 Å². The molecular weight excluding hydrogens is 1060 g/mol. The summed E-state index contributed by atoms with van der Waals surface area (Å²) in [5.41, 5.74) is 1.74. The van der Waals surface area contributed by atoms with Crippen LogP contribution in [0, 0.1) is 18.3 Å². The van der Waals surface area contributed by atoms with Gasteiger partial charge in [-0.05, 0) is 108 Å². The predicted molar refractivity (Wildman–Crippen MR) is 263 cm³/mol. The topological polar surface area (TPSA) is 366 Å². The molecule has 0 amide bonds. The number of nitrogens with zero attached hydrogens (tertiary/aromatic N) is 6. The number of nitrogens with one attached hydrogen (secondary N) is 2. The van der Waals surface area contributed by atoms with E-state index in [4.69, 9.17) is 10.2 Å². The van der Waals surface area contributed by atoms with Crippen LogP contribution in [0.4, 0.5) is 44.3 Å². The maximum absolute atomic E-state index is 12.7. The normalized spacial score (nSPS) is 12.5. The largest absolute Gasteiger partial charge is 0.354 e. The fraction of sp³-hybridized carbons (Fsp3) is 0.0233. The summed E-state index contributed by atoms with van der Waals surface area (Å²) in [6.07, 6.45) is 0.